The minimum atomic E-state index is -0.464. The molecule has 0 saturated carbocycles. The summed E-state index contributed by atoms with van der Waals surface area (Å²) in [5, 5.41) is 28.2. The number of nitrogens with zero attached hydrogens (tertiary/aromatic N) is 5. The van der Waals surface area contributed by atoms with Crippen molar-refractivity contribution in [1.29, 1.82) is 0 Å². The summed E-state index contributed by atoms with van der Waals surface area (Å²) in [7, 11) is 3.71. The Labute approximate surface area is 205 Å². The van der Waals surface area contributed by atoms with E-state index in [1.807, 2.05) is 46.7 Å². The van der Waals surface area contributed by atoms with E-state index < -0.39 is 9.85 Å². The number of halogens is 1. The van der Waals surface area contributed by atoms with Crippen molar-refractivity contribution >= 4 is 40.4 Å². The van der Waals surface area contributed by atoms with E-state index in [4.69, 9.17) is 11.6 Å². The fourth-order valence-electron chi connectivity index (χ4n) is 3.00. The summed E-state index contributed by atoms with van der Waals surface area (Å²) in [6, 6.07) is 6.29. The monoisotopic (exact) mass is 495 g/mol. The normalized spacial score (nSPS) is 10.5. The molecule has 0 aromatic carbocycles. The molecule has 34 heavy (non-hydrogen) atoms. The maximum absolute atomic E-state index is 11.0. The van der Waals surface area contributed by atoms with E-state index in [1.54, 1.807) is 6.07 Å². The summed E-state index contributed by atoms with van der Waals surface area (Å²) in [6.07, 6.45) is 3.56. The molecule has 12 heteroatoms. The minimum Gasteiger partial charge on any atom is -0.363 e. The van der Waals surface area contributed by atoms with Gasteiger partial charge in [-0.2, -0.15) is 0 Å². The van der Waals surface area contributed by atoms with Crippen LogP contribution in [0.2, 0.25) is 5.15 Å². The van der Waals surface area contributed by atoms with Crippen LogP contribution >= 0.6 is 11.6 Å². The fraction of sp³-hybridized carbons (Fsp3) is 0.545. The summed E-state index contributed by atoms with van der Waals surface area (Å²) in [5.74, 6) is 1.29. The maximum atomic E-state index is 11.0. The van der Waals surface area contributed by atoms with Gasteiger partial charge in [-0.3, -0.25) is 20.2 Å². The highest BCUT2D eigenvalue weighted by atomic mass is 35.5. The Kier molecular flexibility index (Phi) is 12.0. The van der Waals surface area contributed by atoms with E-state index >= 15 is 0 Å². The van der Waals surface area contributed by atoms with Crippen LogP contribution in [0.25, 0.3) is 0 Å². The molecule has 0 aliphatic heterocycles. The lowest BCUT2D eigenvalue weighted by Crippen LogP contribution is -2.20. The molecule has 0 bridgehead atoms. The predicted octanol–water partition coefficient (Wildman–Crippen LogP) is 5.90. The van der Waals surface area contributed by atoms with Crippen LogP contribution in [0, 0.1) is 20.2 Å². The van der Waals surface area contributed by atoms with Gasteiger partial charge in [0.25, 0.3) is 0 Å². The SMILES string of the molecule is CCC(CC)Nc1nc(Cl)ccc1[N+](=O)[O-].CCC(CC)Nc1nc(N(C)C)ccc1[N+](=O)[O-]. The van der Waals surface area contributed by atoms with Gasteiger partial charge in [0.2, 0.25) is 11.6 Å². The van der Waals surface area contributed by atoms with Crippen LogP contribution in [0.4, 0.5) is 28.8 Å². The molecule has 2 aromatic rings. The average Bonchev–Trinajstić information content (AvgIpc) is 2.80. The number of hydrogen-bond acceptors (Lipinski definition) is 9. The molecule has 2 rings (SSSR count). The number of rotatable bonds is 11. The molecule has 0 amide bonds. The van der Waals surface area contributed by atoms with Gasteiger partial charge in [-0.05, 0) is 37.8 Å². The first-order valence-electron chi connectivity index (χ1n) is 11.2. The standard InChI is InChI=1S/C12H20N4O2.C10H14ClN3O2/c1-5-9(6-2)13-12-10(16(17)18)7-8-11(14-12)15(3)4;1-3-7(4-2)12-10-8(14(15)16)5-6-9(11)13-10/h7-9H,5-6H2,1-4H3,(H,13,14);5-7H,3-4H2,1-2H3,(H,12,13). The Hall–Kier alpha value is -3.21. The summed E-state index contributed by atoms with van der Waals surface area (Å²) in [4.78, 5) is 30.9. The van der Waals surface area contributed by atoms with E-state index in [0.29, 0.717) is 11.6 Å². The third-order valence-corrected chi connectivity index (χ3v) is 5.41. The van der Waals surface area contributed by atoms with Crippen molar-refractivity contribution in [3.63, 3.8) is 0 Å². The minimum absolute atomic E-state index is 0.0208. The number of pyridine rings is 2. The topological polar surface area (TPSA) is 139 Å². The van der Waals surface area contributed by atoms with Gasteiger partial charge in [0.15, 0.2) is 0 Å². The van der Waals surface area contributed by atoms with Gasteiger partial charge in [0, 0.05) is 38.3 Å². The molecule has 2 heterocycles. The molecule has 0 unspecified atom stereocenters. The Bertz CT molecular complexity index is 951. The molecule has 0 spiro atoms. The Morgan fingerprint density at radius 2 is 1.24 bits per heavy atom. The van der Waals surface area contributed by atoms with Crippen molar-refractivity contribution < 1.29 is 9.85 Å². The largest absolute Gasteiger partial charge is 0.363 e. The second-order valence-electron chi connectivity index (χ2n) is 7.76. The van der Waals surface area contributed by atoms with Gasteiger partial charge in [-0.25, -0.2) is 9.97 Å². The molecule has 0 atom stereocenters. The van der Waals surface area contributed by atoms with Crippen molar-refractivity contribution in [3.8, 4) is 0 Å². The first-order chi connectivity index (χ1) is 16.1. The van der Waals surface area contributed by atoms with E-state index in [-0.39, 0.29) is 34.4 Å². The van der Waals surface area contributed by atoms with E-state index in [9.17, 15) is 20.2 Å². The Balaban J connectivity index is 0.000000342. The van der Waals surface area contributed by atoms with Gasteiger partial charge in [-0.1, -0.05) is 39.3 Å². The van der Waals surface area contributed by atoms with Gasteiger partial charge in [0.05, 0.1) is 9.85 Å². The highest BCUT2D eigenvalue weighted by molar-refractivity contribution is 6.29. The highest BCUT2D eigenvalue weighted by Gasteiger charge is 2.19. The molecular weight excluding hydrogens is 462 g/mol. The maximum Gasteiger partial charge on any atom is 0.311 e. The summed E-state index contributed by atoms with van der Waals surface area (Å²) >= 11 is 5.72. The molecule has 0 fully saturated rings. The first kappa shape index (κ1) is 28.8. The molecule has 2 aromatic heterocycles. The Morgan fingerprint density at radius 3 is 1.62 bits per heavy atom. The van der Waals surface area contributed by atoms with E-state index in [2.05, 4.69) is 20.6 Å². The molecule has 188 valence electrons. The van der Waals surface area contributed by atoms with Crippen LogP contribution in [0.5, 0.6) is 0 Å². The van der Waals surface area contributed by atoms with Gasteiger partial charge < -0.3 is 15.5 Å². The third-order valence-electron chi connectivity index (χ3n) is 5.20. The zero-order valence-electron chi connectivity index (χ0n) is 20.5. The molecule has 0 aliphatic rings. The lowest BCUT2D eigenvalue weighted by atomic mass is 10.2. The second-order valence-corrected chi connectivity index (χ2v) is 8.15. The highest BCUT2D eigenvalue weighted by Crippen LogP contribution is 2.27. The van der Waals surface area contributed by atoms with Crippen molar-refractivity contribution in [3.05, 3.63) is 49.6 Å². The van der Waals surface area contributed by atoms with Crippen LogP contribution < -0.4 is 15.5 Å². The van der Waals surface area contributed by atoms with Gasteiger partial charge in [0.1, 0.15) is 11.0 Å². The van der Waals surface area contributed by atoms with Crippen molar-refractivity contribution in [2.24, 2.45) is 0 Å². The smallest absolute Gasteiger partial charge is 0.311 e. The molecule has 2 N–H and O–H groups in total. The molecular formula is C22H34ClN7O4. The predicted molar refractivity (Wildman–Crippen MR) is 137 cm³/mol. The molecule has 0 radical (unpaired) electrons. The van der Waals surface area contributed by atoms with Gasteiger partial charge >= 0.3 is 11.4 Å². The average molecular weight is 496 g/mol. The summed E-state index contributed by atoms with van der Waals surface area (Å²) in [5.41, 5.74) is -0.0243. The number of nitrogens with one attached hydrogen (secondary N) is 2. The zero-order valence-corrected chi connectivity index (χ0v) is 21.3. The number of hydrogen-bond donors (Lipinski definition) is 2. The van der Waals surface area contributed by atoms with Crippen molar-refractivity contribution in [1.82, 2.24) is 9.97 Å². The quantitative estimate of drug-likeness (QED) is 0.221. The van der Waals surface area contributed by atoms with Crippen molar-refractivity contribution in [2.45, 2.75) is 65.5 Å². The summed E-state index contributed by atoms with van der Waals surface area (Å²) < 4.78 is 0. The van der Waals surface area contributed by atoms with Crippen LogP contribution in [0.3, 0.4) is 0 Å². The van der Waals surface area contributed by atoms with Gasteiger partial charge in [-0.15, -0.1) is 0 Å². The second kappa shape index (κ2) is 14.1. The lowest BCUT2D eigenvalue weighted by molar-refractivity contribution is -0.384. The zero-order chi connectivity index (χ0) is 25.8. The molecule has 0 aliphatic carbocycles. The van der Waals surface area contributed by atoms with Crippen LogP contribution in [0.1, 0.15) is 53.4 Å². The van der Waals surface area contributed by atoms with E-state index in [1.165, 1.54) is 18.2 Å². The molecule has 0 saturated heterocycles. The Morgan fingerprint density at radius 1 is 0.824 bits per heavy atom. The van der Waals surface area contributed by atoms with E-state index in [0.717, 1.165) is 25.7 Å². The van der Waals surface area contributed by atoms with Crippen LogP contribution in [-0.4, -0.2) is 46.0 Å². The molecule has 11 nitrogen and oxygen atoms in total. The number of anilines is 3. The van der Waals surface area contributed by atoms with Crippen LogP contribution in [0.15, 0.2) is 24.3 Å². The summed E-state index contributed by atoms with van der Waals surface area (Å²) in [6.45, 7) is 8.11. The van der Waals surface area contributed by atoms with Crippen molar-refractivity contribution in [2.75, 3.05) is 29.6 Å². The van der Waals surface area contributed by atoms with Crippen LogP contribution in [-0.2, 0) is 0 Å². The third kappa shape index (κ3) is 8.62. The fourth-order valence-corrected chi connectivity index (χ4v) is 3.15. The first-order valence-corrected chi connectivity index (χ1v) is 11.6. The number of aromatic nitrogens is 2. The number of nitro groups is 2. The lowest BCUT2D eigenvalue weighted by Gasteiger charge is -2.17.